The maximum absolute atomic E-state index is 12.6. The minimum atomic E-state index is -0.281. The Hall–Kier alpha value is -2.70. The van der Waals surface area contributed by atoms with Crippen LogP contribution in [0, 0.1) is 0 Å². The van der Waals surface area contributed by atoms with Gasteiger partial charge in [-0.1, -0.05) is 0 Å². The van der Waals surface area contributed by atoms with Gasteiger partial charge in [-0.3, -0.25) is 4.79 Å². The average Bonchev–Trinajstić information content (AvgIpc) is 3.05. The summed E-state index contributed by atoms with van der Waals surface area (Å²) in [5, 5.41) is 3.90. The number of fused-ring (bicyclic) bond motifs is 1. The third kappa shape index (κ3) is 3.70. The Bertz CT molecular complexity index is 763. The molecule has 134 valence electrons. The van der Waals surface area contributed by atoms with E-state index >= 15 is 0 Å². The van der Waals surface area contributed by atoms with E-state index in [9.17, 15) is 9.59 Å². The van der Waals surface area contributed by atoms with Crippen molar-refractivity contribution in [2.75, 3.05) is 26.8 Å². The number of benzene rings is 1. The number of amides is 2. The number of methoxy groups -OCH3 is 1. The summed E-state index contributed by atoms with van der Waals surface area (Å²) in [7, 11) is 1.60. The molecule has 0 bridgehead atoms. The van der Waals surface area contributed by atoms with Crippen molar-refractivity contribution in [1.29, 1.82) is 0 Å². The maximum atomic E-state index is 12.6. The first-order valence-electron chi connectivity index (χ1n) is 8.50. The minimum absolute atomic E-state index is 0.0498. The van der Waals surface area contributed by atoms with Crippen LogP contribution >= 0.6 is 0 Å². The molecule has 2 amide bonds. The first kappa shape index (κ1) is 17.1. The molecule has 0 aliphatic carbocycles. The van der Waals surface area contributed by atoms with E-state index < -0.39 is 0 Å². The van der Waals surface area contributed by atoms with Gasteiger partial charge in [-0.25, -0.2) is 4.79 Å². The number of likely N-dealkylation sites (tertiary alicyclic amines) is 1. The summed E-state index contributed by atoms with van der Waals surface area (Å²) in [4.78, 5) is 29.1. The first-order valence-corrected chi connectivity index (χ1v) is 8.50. The van der Waals surface area contributed by atoms with Gasteiger partial charge in [0.2, 0.25) is 0 Å². The fourth-order valence-corrected chi connectivity index (χ4v) is 3.10. The van der Waals surface area contributed by atoms with Crippen LogP contribution < -0.4 is 10.1 Å². The van der Waals surface area contributed by atoms with Crippen LogP contribution in [0.1, 0.15) is 30.1 Å². The number of piperidine rings is 1. The molecule has 1 fully saturated rings. The van der Waals surface area contributed by atoms with Crippen LogP contribution in [0.5, 0.6) is 5.75 Å². The second kappa shape index (κ2) is 7.46. The van der Waals surface area contributed by atoms with Gasteiger partial charge >= 0.3 is 6.09 Å². The lowest BCUT2D eigenvalue weighted by molar-refractivity contribution is 0.0861. The van der Waals surface area contributed by atoms with Crippen LogP contribution in [-0.4, -0.2) is 54.7 Å². The number of aromatic amines is 1. The zero-order valence-electron chi connectivity index (χ0n) is 14.5. The molecule has 1 aromatic carbocycles. The third-order valence-corrected chi connectivity index (χ3v) is 4.49. The Labute approximate surface area is 146 Å². The molecule has 25 heavy (non-hydrogen) atoms. The largest absolute Gasteiger partial charge is 0.497 e. The number of hydrogen-bond acceptors (Lipinski definition) is 4. The molecule has 1 aromatic heterocycles. The van der Waals surface area contributed by atoms with E-state index in [2.05, 4.69) is 10.3 Å². The molecular formula is C18H23N3O4. The van der Waals surface area contributed by atoms with Gasteiger partial charge in [0.25, 0.3) is 5.91 Å². The number of rotatable bonds is 4. The summed E-state index contributed by atoms with van der Waals surface area (Å²) in [6, 6.07) is 5.65. The van der Waals surface area contributed by atoms with E-state index in [4.69, 9.17) is 9.47 Å². The lowest BCUT2D eigenvalue weighted by atomic mass is 10.0. The van der Waals surface area contributed by atoms with Crippen LogP contribution in [0.3, 0.4) is 0 Å². The predicted molar refractivity (Wildman–Crippen MR) is 93.9 cm³/mol. The number of ether oxygens (including phenoxy) is 2. The number of nitrogens with one attached hydrogen (secondary N) is 2. The molecule has 0 radical (unpaired) electrons. The number of H-pyrrole nitrogens is 1. The van der Waals surface area contributed by atoms with E-state index in [1.54, 1.807) is 25.1 Å². The van der Waals surface area contributed by atoms with E-state index in [1.165, 1.54) is 0 Å². The van der Waals surface area contributed by atoms with Crippen molar-refractivity contribution in [3.05, 3.63) is 30.0 Å². The molecule has 3 rings (SSSR count). The highest BCUT2D eigenvalue weighted by Crippen LogP contribution is 2.24. The smallest absolute Gasteiger partial charge is 0.409 e. The molecule has 7 nitrogen and oxygen atoms in total. The van der Waals surface area contributed by atoms with Gasteiger partial charge in [0.05, 0.1) is 19.3 Å². The van der Waals surface area contributed by atoms with Crippen molar-refractivity contribution in [2.45, 2.75) is 25.8 Å². The summed E-state index contributed by atoms with van der Waals surface area (Å²) in [5.41, 5.74) is 1.49. The van der Waals surface area contributed by atoms with Crippen molar-refractivity contribution in [2.24, 2.45) is 0 Å². The summed E-state index contributed by atoms with van der Waals surface area (Å²) in [6.45, 7) is 3.34. The summed E-state index contributed by atoms with van der Waals surface area (Å²) < 4.78 is 10.2. The fraction of sp³-hybridized carbons (Fsp3) is 0.444. The molecule has 7 heteroatoms. The van der Waals surface area contributed by atoms with E-state index in [0.29, 0.717) is 31.0 Å². The Balaban J connectivity index is 1.63. The Morgan fingerprint density at radius 1 is 1.32 bits per heavy atom. The molecule has 2 aromatic rings. The highest BCUT2D eigenvalue weighted by Gasteiger charge is 2.25. The standard InChI is InChI=1S/C18H23N3O4/c1-3-25-18(23)21-8-6-12(7-9-21)20-17(22)15-11-19-16-5-4-13(24-2)10-14(15)16/h4-5,10-12,19H,3,6-9H2,1-2H3,(H,20,22). The number of carbonyl (C=O) groups excluding carboxylic acids is 2. The number of carbonyl (C=O) groups is 2. The van der Waals surface area contributed by atoms with Crippen molar-refractivity contribution >= 4 is 22.9 Å². The highest BCUT2D eigenvalue weighted by molar-refractivity contribution is 6.07. The predicted octanol–water partition coefficient (Wildman–Crippen LogP) is 2.53. The fourth-order valence-electron chi connectivity index (χ4n) is 3.10. The van der Waals surface area contributed by atoms with E-state index in [1.807, 2.05) is 18.2 Å². The van der Waals surface area contributed by atoms with Gasteiger partial charge in [0, 0.05) is 36.2 Å². The molecule has 0 saturated carbocycles. The van der Waals surface area contributed by atoms with Gasteiger partial charge in [0.15, 0.2) is 0 Å². The molecule has 0 unspecified atom stereocenters. The van der Waals surface area contributed by atoms with Crippen LogP contribution in [0.25, 0.3) is 10.9 Å². The van der Waals surface area contributed by atoms with Gasteiger partial charge in [-0.15, -0.1) is 0 Å². The molecule has 2 N–H and O–H groups in total. The highest BCUT2D eigenvalue weighted by atomic mass is 16.6. The zero-order chi connectivity index (χ0) is 17.8. The van der Waals surface area contributed by atoms with E-state index in [-0.39, 0.29) is 18.0 Å². The van der Waals surface area contributed by atoms with Gasteiger partial charge < -0.3 is 24.7 Å². The molecule has 2 heterocycles. The molecule has 1 aliphatic rings. The van der Waals surface area contributed by atoms with Crippen molar-refractivity contribution < 1.29 is 19.1 Å². The van der Waals surface area contributed by atoms with Crippen molar-refractivity contribution in [1.82, 2.24) is 15.2 Å². The quantitative estimate of drug-likeness (QED) is 0.892. The summed E-state index contributed by atoms with van der Waals surface area (Å²) in [6.07, 6.45) is 2.87. The van der Waals surface area contributed by atoms with Crippen LogP contribution in [0.2, 0.25) is 0 Å². The first-order chi connectivity index (χ1) is 12.1. The van der Waals surface area contributed by atoms with Crippen molar-refractivity contribution in [3.8, 4) is 5.75 Å². The normalized spacial score (nSPS) is 15.2. The Morgan fingerprint density at radius 2 is 2.08 bits per heavy atom. The van der Waals surface area contributed by atoms with Gasteiger partial charge in [0.1, 0.15) is 5.75 Å². The second-order valence-corrected chi connectivity index (χ2v) is 6.05. The Morgan fingerprint density at radius 3 is 2.76 bits per heavy atom. The lowest BCUT2D eigenvalue weighted by Crippen LogP contribution is -2.46. The van der Waals surface area contributed by atoms with Crippen LogP contribution in [0.15, 0.2) is 24.4 Å². The number of aromatic nitrogens is 1. The zero-order valence-corrected chi connectivity index (χ0v) is 14.5. The molecule has 0 spiro atoms. The van der Waals surface area contributed by atoms with Crippen molar-refractivity contribution in [3.63, 3.8) is 0 Å². The summed E-state index contributed by atoms with van der Waals surface area (Å²) in [5.74, 6) is 0.595. The second-order valence-electron chi connectivity index (χ2n) is 6.05. The minimum Gasteiger partial charge on any atom is -0.497 e. The number of hydrogen-bond donors (Lipinski definition) is 2. The van der Waals surface area contributed by atoms with Crippen LogP contribution in [0.4, 0.5) is 4.79 Å². The molecule has 1 aliphatic heterocycles. The monoisotopic (exact) mass is 345 g/mol. The Kier molecular flexibility index (Phi) is 5.11. The van der Waals surface area contributed by atoms with Gasteiger partial charge in [-0.05, 0) is 38.0 Å². The SMILES string of the molecule is CCOC(=O)N1CCC(NC(=O)c2c[nH]c3ccc(OC)cc23)CC1. The maximum Gasteiger partial charge on any atom is 0.409 e. The van der Waals surface area contributed by atoms with Gasteiger partial charge in [-0.2, -0.15) is 0 Å². The summed E-state index contributed by atoms with van der Waals surface area (Å²) >= 11 is 0. The molecule has 1 saturated heterocycles. The molecular weight excluding hydrogens is 322 g/mol. The topological polar surface area (TPSA) is 83.7 Å². The average molecular weight is 345 g/mol. The number of nitrogens with zero attached hydrogens (tertiary/aromatic N) is 1. The molecule has 0 atom stereocenters. The van der Waals surface area contributed by atoms with Crippen LogP contribution in [-0.2, 0) is 4.74 Å². The third-order valence-electron chi connectivity index (χ3n) is 4.49. The lowest BCUT2D eigenvalue weighted by Gasteiger charge is -2.31. The van der Waals surface area contributed by atoms with E-state index in [0.717, 1.165) is 23.7 Å².